The highest BCUT2D eigenvalue weighted by molar-refractivity contribution is 7.90. The van der Waals surface area contributed by atoms with Crippen LogP contribution in [0.4, 0.5) is 10.5 Å². The maximum absolute atomic E-state index is 11.4. The number of para-hydroxylation sites is 1. The first kappa shape index (κ1) is 10.3. The summed E-state index contributed by atoms with van der Waals surface area (Å²) in [6.07, 6.45) is 0. The van der Waals surface area contributed by atoms with Crippen LogP contribution in [0.5, 0.6) is 0 Å². The normalized spacial score (nSPS) is 10.9. The predicted molar refractivity (Wildman–Crippen MR) is 50.8 cm³/mol. The highest BCUT2D eigenvalue weighted by Gasteiger charge is 2.17. The van der Waals surface area contributed by atoms with Crippen molar-refractivity contribution in [2.75, 3.05) is 5.73 Å². The number of hydrogen-bond acceptors (Lipinski definition) is 4. The van der Waals surface area contributed by atoms with Crippen LogP contribution >= 0.6 is 0 Å². The molecule has 0 unspecified atom stereocenters. The second-order valence-corrected chi connectivity index (χ2v) is 4.16. The van der Waals surface area contributed by atoms with Crippen molar-refractivity contribution < 1.29 is 13.2 Å². The second kappa shape index (κ2) is 3.54. The summed E-state index contributed by atoms with van der Waals surface area (Å²) < 4.78 is 24.4. The molecule has 0 spiro atoms. The van der Waals surface area contributed by atoms with Gasteiger partial charge in [0, 0.05) is 0 Å². The van der Waals surface area contributed by atoms with Crippen molar-refractivity contribution in [2.45, 2.75) is 4.90 Å². The number of rotatable bonds is 2. The number of carbonyl (C=O) groups excluding carboxylic acids is 1. The molecule has 0 atom stereocenters. The molecule has 5 N–H and O–H groups in total. The number of anilines is 1. The number of nitrogens with one attached hydrogen (secondary N) is 1. The van der Waals surface area contributed by atoms with E-state index in [9.17, 15) is 13.2 Å². The van der Waals surface area contributed by atoms with Gasteiger partial charge in [0.1, 0.15) is 4.90 Å². The molecule has 0 radical (unpaired) electrons. The number of nitrogen functional groups attached to an aromatic ring is 1. The Balaban J connectivity index is 3.17. The van der Waals surface area contributed by atoms with E-state index in [0.29, 0.717) is 0 Å². The quantitative estimate of drug-likeness (QED) is 0.583. The minimum atomic E-state index is -3.94. The zero-order valence-corrected chi connectivity index (χ0v) is 7.91. The highest BCUT2D eigenvalue weighted by Crippen LogP contribution is 2.16. The molecule has 0 aromatic heterocycles. The third kappa shape index (κ3) is 2.13. The summed E-state index contributed by atoms with van der Waals surface area (Å²) in [7, 11) is -3.94. The summed E-state index contributed by atoms with van der Waals surface area (Å²) >= 11 is 0. The average Bonchev–Trinajstić information content (AvgIpc) is 2.02. The number of primary amides is 1. The molecular weight excluding hydrogens is 206 g/mol. The van der Waals surface area contributed by atoms with Crippen molar-refractivity contribution >= 4 is 21.7 Å². The van der Waals surface area contributed by atoms with Gasteiger partial charge in [-0.25, -0.2) is 17.9 Å². The molecule has 0 saturated carbocycles. The van der Waals surface area contributed by atoms with E-state index in [1.165, 1.54) is 18.2 Å². The SMILES string of the molecule is NC(=O)NS(=O)(=O)c1ccccc1N. The van der Waals surface area contributed by atoms with Crippen LogP contribution in [0, 0.1) is 0 Å². The van der Waals surface area contributed by atoms with E-state index in [0.717, 1.165) is 0 Å². The topological polar surface area (TPSA) is 115 Å². The molecule has 0 aliphatic heterocycles. The average molecular weight is 215 g/mol. The Labute approximate surface area is 80.9 Å². The van der Waals surface area contributed by atoms with Crippen LogP contribution in [0.1, 0.15) is 0 Å². The van der Waals surface area contributed by atoms with Crippen LogP contribution in [0.15, 0.2) is 29.2 Å². The van der Waals surface area contributed by atoms with Crippen molar-refractivity contribution in [3.05, 3.63) is 24.3 Å². The fraction of sp³-hybridized carbons (Fsp3) is 0. The summed E-state index contributed by atoms with van der Waals surface area (Å²) in [5.74, 6) is 0. The maximum Gasteiger partial charge on any atom is 0.326 e. The Hall–Kier alpha value is -1.76. The second-order valence-electron chi connectivity index (χ2n) is 2.51. The molecular formula is C7H9N3O3S. The molecule has 2 amide bonds. The molecule has 0 aliphatic rings. The number of carbonyl (C=O) groups is 1. The first-order valence-corrected chi connectivity index (χ1v) is 5.08. The largest absolute Gasteiger partial charge is 0.398 e. The molecule has 1 aromatic rings. The monoisotopic (exact) mass is 215 g/mol. The standard InChI is InChI=1S/C7H9N3O3S/c8-5-3-1-2-4-6(5)14(12,13)10-7(9)11/h1-4H,8H2,(H3,9,10,11). The van der Waals surface area contributed by atoms with Crippen LogP contribution in [-0.2, 0) is 10.0 Å². The Bertz CT molecular complexity index is 455. The van der Waals surface area contributed by atoms with Gasteiger partial charge in [0.05, 0.1) is 5.69 Å². The van der Waals surface area contributed by atoms with E-state index in [-0.39, 0.29) is 10.6 Å². The number of benzene rings is 1. The van der Waals surface area contributed by atoms with Gasteiger partial charge in [0.2, 0.25) is 0 Å². The molecule has 0 aliphatic carbocycles. The number of hydrogen-bond donors (Lipinski definition) is 3. The molecule has 0 fully saturated rings. The minimum Gasteiger partial charge on any atom is -0.398 e. The van der Waals surface area contributed by atoms with Gasteiger partial charge in [-0.1, -0.05) is 12.1 Å². The van der Waals surface area contributed by atoms with Gasteiger partial charge >= 0.3 is 6.03 Å². The number of nitrogens with two attached hydrogens (primary N) is 2. The fourth-order valence-corrected chi connectivity index (χ4v) is 1.92. The number of amides is 2. The molecule has 14 heavy (non-hydrogen) atoms. The summed E-state index contributed by atoms with van der Waals surface area (Å²) in [6, 6.07) is 4.62. The lowest BCUT2D eigenvalue weighted by Gasteiger charge is -2.06. The zero-order chi connectivity index (χ0) is 10.8. The summed E-state index contributed by atoms with van der Waals surface area (Å²) in [4.78, 5) is 10.2. The van der Waals surface area contributed by atoms with Gasteiger partial charge < -0.3 is 11.5 Å². The fourth-order valence-electron chi connectivity index (χ4n) is 0.913. The van der Waals surface area contributed by atoms with Gasteiger partial charge in [0.15, 0.2) is 0 Å². The van der Waals surface area contributed by atoms with E-state index in [2.05, 4.69) is 0 Å². The summed E-state index contributed by atoms with van der Waals surface area (Å²) in [5, 5.41) is 0. The molecule has 7 heteroatoms. The van der Waals surface area contributed by atoms with Crippen molar-refractivity contribution in [1.29, 1.82) is 0 Å². The van der Waals surface area contributed by atoms with Crippen LogP contribution in [0.2, 0.25) is 0 Å². The maximum atomic E-state index is 11.4. The summed E-state index contributed by atoms with van der Waals surface area (Å²) in [6.45, 7) is 0. The predicted octanol–water partition coefficient (Wildman–Crippen LogP) is -0.374. The van der Waals surface area contributed by atoms with Crippen LogP contribution < -0.4 is 16.2 Å². The molecule has 0 heterocycles. The van der Waals surface area contributed by atoms with Gasteiger partial charge in [-0.15, -0.1) is 0 Å². The third-order valence-corrected chi connectivity index (χ3v) is 2.86. The lowest BCUT2D eigenvalue weighted by Crippen LogP contribution is -2.35. The Morgan fingerprint density at radius 3 is 2.36 bits per heavy atom. The number of urea groups is 1. The van der Waals surface area contributed by atoms with E-state index >= 15 is 0 Å². The Kier molecular flexibility index (Phi) is 2.61. The van der Waals surface area contributed by atoms with E-state index < -0.39 is 16.1 Å². The first-order valence-electron chi connectivity index (χ1n) is 3.60. The van der Waals surface area contributed by atoms with E-state index in [1.807, 2.05) is 0 Å². The van der Waals surface area contributed by atoms with Crippen LogP contribution in [-0.4, -0.2) is 14.4 Å². The third-order valence-electron chi connectivity index (χ3n) is 1.44. The molecule has 76 valence electrons. The Morgan fingerprint density at radius 2 is 1.86 bits per heavy atom. The summed E-state index contributed by atoms with van der Waals surface area (Å²) in [5.41, 5.74) is 10.2. The van der Waals surface area contributed by atoms with Gasteiger partial charge in [-0.3, -0.25) is 0 Å². The van der Waals surface area contributed by atoms with Crippen molar-refractivity contribution in [3.63, 3.8) is 0 Å². The lowest BCUT2D eigenvalue weighted by atomic mass is 10.3. The molecule has 0 saturated heterocycles. The first-order chi connectivity index (χ1) is 6.43. The van der Waals surface area contributed by atoms with Crippen molar-refractivity contribution in [2.24, 2.45) is 5.73 Å². The highest BCUT2D eigenvalue weighted by atomic mass is 32.2. The lowest BCUT2D eigenvalue weighted by molar-refractivity contribution is 0.253. The molecule has 6 nitrogen and oxygen atoms in total. The van der Waals surface area contributed by atoms with Crippen molar-refractivity contribution in [1.82, 2.24) is 4.72 Å². The molecule has 1 rings (SSSR count). The smallest absolute Gasteiger partial charge is 0.326 e. The molecule has 0 bridgehead atoms. The van der Waals surface area contributed by atoms with Gasteiger partial charge in [-0.2, -0.15) is 0 Å². The van der Waals surface area contributed by atoms with Crippen molar-refractivity contribution in [3.8, 4) is 0 Å². The van der Waals surface area contributed by atoms with Gasteiger partial charge in [-0.05, 0) is 12.1 Å². The molecule has 1 aromatic carbocycles. The van der Waals surface area contributed by atoms with Crippen LogP contribution in [0.25, 0.3) is 0 Å². The van der Waals surface area contributed by atoms with Crippen LogP contribution in [0.3, 0.4) is 0 Å². The Morgan fingerprint density at radius 1 is 1.29 bits per heavy atom. The van der Waals surface area contributed by atoms with E-state index in [1.54, 1.807) is 10.8 Å². The minimum absolute atomic E-state index is 0.0567. The van der Waals surface area contributed by atoms with E-state index in [4.69, 9.17) is 11.5 Å². The zero-order valence-electron chi connectivity index (χ0n) is 7.10. The number of sulfonamides is 1. The van der Waals surface area contributed by atoms with Gasteiger partial charge in [0.25, 0.3) is 10.0 Å².